The maximum absolute atomic E-state index is 14.6. The van der Waals surface area contributed by atoms with Gasteiger partial charge in [-0.2, -0.15) is 13.2 Å². The molecule has 1 N–H and O–H groups in total. The van der Waals surface area contributed by atoms with Gasteiger partial charge in [0.15, 0.2) is 0 Å². The number of rotatable bonds is 6. The quantitative estimate of drug-likeness (QED) is 0.246. The number of anilines is 1. The van der Waals surface area contributed by atoms with Crippen LogP contribution in [-0.4, -0.2) is 70.0 Å². The van der Waals surface area contributed by atoms with E-state index in [9.17, 15) is 31.9 Å². The largest absolute Gasteiger partial charge is 0.417 e. The summed E-state index contributed by atoms with van der Waals surface area (Å²) in [6, 6.07) is 14.0. The van der Waals surface area contributed by atoms with E-state index in [-0.39, 0.29) is 51.6 Å². The number of likely N-dealkylation sites (tertiary alicyclic amines) is 1. The molecule has 0 radical (unpaired) electrons. The van der Waals surface area contributed by atoms with Crippen molar-refractivity contribution in [2.24, 2.45) is 5.41 Å². The molecular formula is C35H32BrClF4N6O3. The number of carbonyl (C=O) groups is 2. The zero-order valence-electron chi connectivity index (χ0n) is 27.0. The summed E-state index contributed by atoms with van der Waals surface area (Å²) < 4.78 is 58.1. The standard InChI is InChI=1S/C35H32BrClF4N6O3/c1-20-14-46-29(15-45(20)32(49)21-6-11-26(36)25(12-21)35(39,40)41)30(31(48)42-13-24-27(37)4-3-5-28(24)38)47(33(46)50)23-9-7-22(8-10-23)44-18-34(19-44)16-43(2)17-34/h3-12,20H,13-19H2,1-2H3,(H,42,48). The summed E-state index contributed by atoms with van der Waals surface area (Å²) in [7, 11) is 2.09. The lowest BCUT2D eigenvalue weighted by Crippen LogP contribution is -2.71. The summed E-state index contributed by atoms with van der Waals surface area (Å²) in [4.78, 5) is 47.7. The van der Waals surface area contributed by atoms with Crippen molar-refractivity contribution in [2.45, 2.75) is 38.8 Å². The molecule has 4 heterocycles. The van der Waals surface area contributed by atoms with Crippen molar-refractivity contribution in [3.05, 3.63) is 115 Å². The van der Waals surface area contributed by atoms with Gasteiger partial charge in [-0.05, 0) is 68.6 Å². The van der Waals surface area contributed by atoms with Gasteiger partial charge in [0.25, 0.3) is 11.8 Å². The van der Waals surface area contributed by atoms with Crippen molar-refractivity contribution in [1.29, 1.82) is 0 Å². The van der Waals surface area contributed by atoms with Crippen molar-refractivity contribution >= 4 is 45.0 Å². The smallest absolute Gasteiger partial charge is 0.370 e. The van der Waals surface area contributed by atoms with Gasteiger partial charge < -0.3 is 20.0 Å². The Balaban J connectivity index is 1.24. The van der Waals surface area contributed by atoms with Gasteiger partial charge in [-0.3, -0.25) is 18.7 Å². The average molecular weight is 776 g/mol. The molecule has 9 nitrogen and oxygen atoms in total. The molecule has 7 rings (SSSR count). The fraction of sp³-hybridized carbons (Fsp3) is 0.343. The molecule has 1 spiro atoms. The van der Waals surface area contributed by atoms with E-state index in [1.807, 2.05) is 12.1 Å². The SMILES string of the molecule is CC1Cn2c(c(C(=O)NCc3c(F)cccc3Cl)n(-c3ccc(N4CC5(CN(C)C5)C4)cc3)c2=O)CN1C(=O)c1ccc(Br)c(C(F)(F)F)c1. The number of alkyl halides is 3. The first-order valence-corrected chi connectivity index (χ1v) is 17.1. The van der Waals surface area contributed by atoms with Crippen molar-refractivity contribution in [1.82, 2.24) is 24.3 Å². The number of hydrogen-bond donors (Lipinski definition) is 1. The molecule has 15 heteroatoms. The topological polar surface area (TPSA) is 82.8 Å². The van der Waals surface area contributed by atoms with E-state index in [1.54, 1.807) is 19.1 Å². The summed E-state index contributed by atoms with van der Waals surface area (Å²) in [5.41, 5.74) is 0.138. The van der Waals surface area contributed by atoms with Crippen LogP contribution in [0.2, 0.25) is 5.02 Å². The molecule has 1 aromatic heterocycles. The lowest BCUT2D eigenvalue weighted by Gasteiger charge is -2.60. The predicted molar refractivity (Wildman–Crippen MR) is 183 cm³/mol. The predicted octanol–water partition coefficient (Wildman–Crippen LogP) is 5.94. The van der Waals surface area contributed by atoms with Crippen LogP contribution in [0.4, 0.5) is 23.2 Å². The van der Waals surface area contributed by atoms with Crippen LogP contribution < -0.4 is 15.9 Å². The highest BCUT2D eigenvalue weighted by atomic mass is 79.9. The van der Waals surface area contributed by atoms with Gasteiger partial charge in [0.2, 0.25) is 0 Å². The minimum atomic E-state index is -4.70. The van der Waals surface area contributed by atoms with E-state index < -0.39 is 41.1 Å². The number of nitrogens with zero attached hydrogens (tertiary/aromatic N) is 5. The Labute approximate surface area is 298 Å². The maximum atomic E-state index is 14.6. The fourth-order valence-electron chi connectivity index (χ4n) is 7.41. The third-order valence-corrected chi connectivity index (χ3v) is 10.8. The van der Waals surface area contributed by atoms with E-state index in [2.05, 4.69) is 38.1 Å². The molecule has 3 aliphatic rings. The fourth-order valence-corrected chi connectivity index (χ4v) is 8.11. The van der Waals surface area contributed by atoms with Gasteiger partial charge in [0.1, 0.15) is 11.5 Å². The zero-order chi connectivity index (χ0) is 35.7. The van der Waals surface area contributed by atoms with Crippen molar-refractivity contribution < 1.29 is 27.2 Å². The highest BCUT2D eigenvalue weighted by Crippen LogP contribution is 2.41. The number of nitrogens with one attached hydrogen (secondary N) is 1. The van der Waals surface area contributed by atoms with Crippen molar-refractivity contribution in [3.8, 4) is 5.69 Å². The molecule has 1 atom stereocenters. The molecule has 3 aromatic carbocycles. The van der Waals surface area contributed by atoms with Gasteiger partial charge in [-0.15, -0.1) is 0 Å². The Kier molecular flexibility index (Phi) is 8.63. The van der Waals surface area contributed by atoms with Crippen LogP contribution in [0, 0.1) is 11.2 Å². The number of benzene rings is 3. The average Bonchev–Trinajstić information content (AvgIpc) is 3.31. The molecule has 50 heavy (non-hydrogen) atoms. The van der Waals surface area contributed by atoms with E-state index in [4.69, 9.17) is 11.6 Å². The summed E-state index contributed by atoms with van der Waals surface area (Å²) in [6.45, 7) is 5.08. The lowest BCUT2D eigenvalue weighted by atomic mass is 9.73. The number of halogens is 6. The molecule has 2 saturated heterocycles. The molecule has 262 valence electrons. The molecule has 0 aliphatic carbocycles. The molecule has 0 bridgehead atoms. The second-order valence-corrected chi connectivity index (χ2v) is 14.7. The molecule has 1 unspecified atom stereocenters. The number of imidazole rings is 1. The summed E-state index contributed by atoms with van der Waals surface area (Å²) >= 11 is 9.11. The summed E-state index contributed by atoms with van der Waals surface area (Å²) in [5.74, 6) is -2.03. The summed E-state index contributed by atoms with van der Waals surface area (Å²) in [6.07, 6.45) is -4.70. The minimum absolute atomic E-state index is 0.0165. The number of amides is 2. The second kappa shape index (κ2) is 12.6. The Morgan fingerprint density at radius 2 is 1.70 bits per heavy atom. The van der Waals surface area contributed by atoms with Crippen LogP contribution in [0.15, 0.2) is 69.9 Å². The Morgan fingerprint density at radius 1 is 1.02 bits per heavy atom. The van der Waals surface area contributed by atoms with Gasteiger partial charge in [0.05, 0.1) is 23.5 Å². The van der Waals surface area contributed by atoms with E-state index in [0.717, 1.165) is 44.0 Å². The van der Waals surface area contributed by atoms with Crippen LogP contribution in [-0.2, 0) is 25.8 Å². The Bertz CT molecular complexity index is 2050. The number of fused-ring (bicyclic) bond motifs is 1. The van der Waals surface area contributed by atoms with Gasteiger partial charge in [0, 0.05) is 77.0 Å². The molecule has 0 saturated carbocycles. The van der Waals surface area contributed by atoms with Gasteiger partial charge in [-0.25, -0.2) is 9.18 Å². The van der Waals surface area contributed by atoms with E-state index >= 15 is 0 Å². The summed E-state index contributed by atoms with van der Waals surface area (Å²) in [5, 5.41) is 2.79. The van der Waals surface area contributed by atoms with E-state index in [1.165, 1.54) is 38.3 Å². The number of aromatic nitrogens is 2. The molecule has 2 amide bonds. The first-order chi connectivity index (χ1) is 23.7. The van der Waals surface area contributed by atoms with Crippen LogP contribution in [0.1, 0.15) is 44.6 Å². The highest BCUT2D eigenvalue weighted by molar-refractivity contribution is 9.10. The monoisotopic (exact) mass is 774 g/mol. The number of hydrogen-bond acceptors (Lipinski definition) is 5. The normalized spacial score (nSPS) is 18.4. The molecule has 3 aliphatic heterocycles. The van der Waals surface area contributed by atoms with Crippen LogP contribution in [0.25, 0.3) is 5.69 Å². The van der Waals surface area contributed by atoms with Crippen molar-refractivity contribution in [2.75, 3.05) is 38.1 Å². The van der Waals surface area contributed by atoms with Gasteiger partial charge in [-0.1, -0.05) is 33.6 Å². The molecule has 4 aromatic rings. The minimum Gasteiger partial charge on any atom is -0.370 e. The third-order valence-electron chi connectivity index (χ3n) is 9.76. The molecular weight excluding hydrogens is 744 g/mol. The van der Waals surface area contributed by atoms with Crippen LogP contribution >= 0.6 is 27.5 Å². The third kappa shape index (κ3) is 6.00. The second-order valence-electron chi connectivity index (χ2n) is 13.4. The highest BCUT2D eigenvalue weighted by Gasteiger charge is 2.50. The zero-order valence-corrected chi connectivity index (χ0v) is 29.4. The Morgan fingerprint density at radius 3 is 2.34 bits per heavy atom. The lowest BCUT2D eigenvalue weighted by molar-refractivity contribution is -0.138. The van der Waals surface area contributed by atoms with E-state index in [0.29, 0.717) is 11.1 Å². The first-order valence-electron chi connectivity index (χ1n) is 15.9. The van der Waals surface area contributed by atoms with Gasteiger partial charge >= 0.3 is 11.9 Å². The van der Waals surface area contributed by atoms with Crippen LogP contribution in [0.5, 0.6) is 0 Å². The number of carbonyl (C=O) groups excluding carboxylic acids is 2. The Hall–Kier alpha value is -4.14. The first kappa shape index (κ1) is 34.3. The molecule has 2 fully saturated rings. The van der Waals surface area contributed by atoms with Crippen LogP contribution in [0.3, 0.4) is 0 Å². The van der Waals surface area contributed by atoms with Crippen molar-refractivity contribution in [3.63, 3.8) is 0 Å². The maximum Gasteiger partial charge on any atom is 0.417 e.